The topological polar surface area (TPSA) is 137 Å². The van der Waals surface area contributed by atoms with Crippen LogP contribution in [0.4, 0.5) is 11.6 Å². The van der Waals surface area contributed by atoms with E-state index in [-0.39, 0.29) is 18.5 Å². The molecule has 0 aliphatic heterocycles. The molecule has 0 amide bonds. The summed E-state index contributed by atoms with van der Waals surface area (Å²) in [7, 11) is 5.55. The van der Waals surface area contributed by atoms with Crippen LogP contribution in [0.15, 0.2) is 0 Å². The molecule has 11 heteroatoms. The Balaban J connectivity index is 1.86. The molecule has 0 saturated heterocycles. The number of imidazole rings is 1. The normalized spacial score (nSPS) is 13.3. The lowest BCUT2D eigenvalue weighted by molar-refractivity contribution is 0.0640. The first-order valence-corrected chi connectivity index (χ1v) is 8.40. The minimum Gasteiger partial charge on any atom is -0.546 e. The van der Waals surface area contributed by atoms with Crippen molar-refractivity contribution < 1.29 is 14.0 Å². The third-order valence-electron chi connectivity index (χ3n) is 3.26. The molecule has 0 bridgehead atoms. The molecular weight excluding hydrogens is 334 g/mol. The quantitative estimate of drug-likeness (QED) is 0.544. The lowest BCUT2D eigenvalue weighted by atomic mass is 10.3. The summed E-state index contributed by atoms with van der Waals surface area (Å²) in [5.41, 5.74) is 7.50. The maximum absolute atomic E-state index is 11.1. The molecule has 0 spiro atoms. The second-order valence-corrected chi connectivity index (χ2v) is 6.37. The molecule has 2 atom stereocenters. The van der Waals surface area contributed by atoms with Crippen molar-refractivity contribution in [3.8, 4) is 6.01 Å². The maximum Gasteiger partial charge on any atom is 0.294 e. The van der Waals surface area contributed by atoms with Crippen molar-refractivity contribution in [1.29, 1.82) is 0 Å². The van der Waals surface area contributed by atoms with Gasteiger partial charge in [0.25, 0.3) is 6.01 Å². The number of methoxy groups -OCH3 is 1. The van der Waals surface area contributed by atoms with Crippen LogP contribution in [-0.2, 0) is 11.3 Å². The number of aromatic nitrogens is 4. The van der Waals surface area contributed by atoms with Gasteiger partial charge in [0.2, 0.25) is 11.6 Å². The summed E-state index contributed by atoms with van der Waals surface area (Å²) in [4.78, 5) is 9.54. The van der Waals surface area contributed by atoms with E-state index in [4.69, 9.17) is 15.2 Å². The average molecular weight is 357 g/mol. The SMILES string of the molecule is COC(CNc1n[s+]([O-])nc1N)COc1nc(C)c(CN(C)C)[nH]1. The van der Waals surface area contributed by atoms with Crippen molar-refractivity contribution in [2.45, 2.75) is 19.6 Å². The number of aromatic amines is 1. The van der Waals surface area contributed by atoms with Crippen LogP contribution in [0.3, 0.4) is 0 Å². The number of H-pyrrole nitrogens is 1. The standard InChI is InChI=1S/C13H23N7O3S/c1-8-10(6-20(2)3)17-13(16-8)23-7-9(22-4)5-15-12-11(14)18-24(21)19-12/h9H,5-7H2,1-4H3,(H2,14,18)(H,15,19)(H,16,17). The summed E-state index contributed by atoms with van der Waals surface area (Å²) < 4.78 is 29.5. The molecule has 134 valence electrons. The number of aryl methyl sites for hydroxylation is 1. The Bertz CT molecular complexity index is 658. The minimum absolute atomic E-state index is 0.124. The van der Waals surface area contributed by atoms with Crippen LogP contribution in [0.2, 0.25) is 0 Å². The molecule has 0 aliphatic rings. The molecular formula is C13H23N7O3S. The van der Waals surface area contributed by atoms with E-state index >= 15 is 0 Å². The Morgan fingerprint density at radius 2 is 2.17 bits per heavy atom. The largest absolute Gasteiger partial charge is 0.546 e. The zero-order valence-electron chi connectivity index (χ0n) is 14.2. The van der Waals surface area contributed by atoms with Gasteiger partial charge in [-0.15, -0.1) is 0 Å². The van der Waals surface area contributed by atoms with Crippen molar-refractivity contribution in [3.05, 3.63) is 11.4 Å². The number of nitrogen functional groups attached to an aromatic ring is 1. The lowest BCUT2D eigenvalue weighted by Gasteiger charge is -2.15. The average Bonchev–Trinajstić information content (AvgIpc) is 3.01. The summed E-state index contributed by atoms with van der Waals surface area (Å²) >= 11 is -1.64. The van der Waals surface area contributed by atoms with E-state index < -0.39 is 11.1 Å². The molecule has 2 aromatic rings. The Hall–Kier alpha value is -1.95. The highest BCUT2D eigenvalue weighted by molar-refractivity contribution is 7.14. The predicted molar refractivity (Wildman–Crippen MR) is 90.6 cm³/mol. The smallest absolute Gasteiger partial charge is 0.294 e. The summed E-state index contributed by atoms with van der Waals surface area (Å²) in [6.45, 7) is 3.35. The van der Waals surface area contributed by atoms with Crippen molar-refractivity contribution in [1.82, 2.24) is 23.6 Å². The van der Waals surface area contributed by atoms with E-state index in [1.54, 1.807) is 7.11 Å². The highest BCUT2D eigenvalue weighted by atomic mass is 32.2. The number of ether oxygens (including phenoxy) is 2. The van der Waals surface area contributed by atoms with Gasteiger partial charge in [-0.1, -0.05) is 0 Å². The van der Waals surface area contributed by atoms with Gasteiger partial charge < -0.3 is 35.0 Å². The molecule has 4 N–H and O–H groups in total. The van der Waals surface area contributed by atoms with E-state index in [1.807, 2.05) is 25.9 Å². The van der Waals surface area contributed by atoms with Crippen LogP contribution in [-0.4, -0.2) is 68.6 Å². The highest BCUT2D eigenvalue weighted by Crippen LogP contribution is 2.19. The summed E-state index contributed by atoms with van der Waals surface area (Å²) in [5, 5.41) is 2.95. The summed E-state index contributed by atoms with van der Waals surface area (Å²) in [5.74, 6) is 0.427. The van der Waals surface area contributed by atoms with Gasteiger partial charge in [-0.25, -0.2) is 4.98 Å². The Labute approximate surface area is 143 Å². The molecule has 2 heterocycles. The van der Waals surface area contributed by atoms with E-state index in [1.165, 1.54) is 0 Å². The number of rotatable bonds is 9. The monoisotopic (exact) mass is 357 g/mol. The Morgan fingerprint density at radius 3 is 2.75 bits per heavy atom. The highest BCUT2D eigenvalue weighted by Gasteiger charge is 2.16. The molecule has 2 unspecified atom stereocenters. The second-order valence-electron chi connectivity index (χ2n) is 5.54. The van der Waals surface area contributed by atoms with E-state index in [2.05, 4.69) is 24.0 Å². The Kier molecular flexibility index (Phi) is 6.31. The van der Waals surface area contributed by atoms with Crippen molar-refractivity contribution >= 4 is 22.8 Å². The first-order valence-electron chi connectivity index (χ1n) is 7.34. The summed E-state index contributed by atoms with van der Waals surface area (Å²) in [6, 6.07) is 0.451. The predicted octanol–water partition coefficient (Wildman–Crippen LogP) is 0.385. The van der Waals surface area contributed by atoms with Gasteiger partial charge >= 0.3 is 0 Å². The van der Waals surface area contributed by atoms with Gasteiger partial charge in [0.15, 0.2) is 11.1 Å². The van der Waals surface area contributed by atoms with Crippen LogP contribution < -0.4 is 15.8 Å². The first kappa shape index (κ1) is 18.4. The van der Waals surface area contributed by atoms with Gasteiger partial charge in [-0.05, 0) is 21.0 Å². The van der Waals surface area contributed by atoms with Crippen LogP contribution in [0, 0.1) is 6.92 Å². The third-order valence-corrected chi connectivity index (χ3v) is 3.95. The van der Waals surface area contributed by atoms with Crippen molar-refractivity contribution in [3.63, 3.8) is 0 Å². The fourth-order valence-corrected chi connectivity index (χ4v) is 2.60. The number of nitrogens with two attached hydrogens (primary N) is 1. The Morgan fingerprint density at radius 1 is 1.42 bits per heavy atom. The molecule has 0 saturated carbocycles. The minimum atomic E-state index is -1.64. The number of hydrogen-bond acceptors (Lipinski definition) is 9. The molecule has 2 rings (SSSR count). The van der Waals surface area contributed by atoms with E-state index in [9.17, 15) is 4.55 Å². The van der Waals surface area contributed by atoms with Crippen LogP contribution in [0.1, 0.15) is 11.4 Å². The van der Waals surface area contributed by atoms with Crippen LogP contribution in [0.25, 0.3) is 0 Å². The van der Waals surface area contributed by atoms with Crippen molar-refractivity contribution in [2.24, 2.45) is 0 Å². The second kappa shape index (κ2) is 8.24. The molecule has 0 aliphatic carbocycles. The maximum atomic E-state index is 11.1. The number of nitrogens with one attached hydrogen (secondary N) is 2. The molecule has 0 radical (unpaired) electrons. The molecule has 24 heavy (non-hydrogen) atoms. The van der Waals surface area contributed by atoms with Crippen LogP contribution in [0.5, 0.6) is 6.01 Å². The fraction of sp³-hybridized carbons (Fsp3) is 0.615. The number of anilines is 2. The van der Waals surface area contributed by atoms with Gasteiger partial charge in [-0.2, -0.15) is 0 Å². The lowest BCUT2D eigenvalue weighted by Crippen LogP contribution is -2.29. The zero-order valence-corrected chi connectivity index (χ0v) is 15.0. The van der Waals surface area contributed by atoms with Crippen LogP contribution >= 0.6 is 11.1 Å². The van der Waals surface area contributed by atoms with E-state index in [0.29, 0.717) is 18.4 Å². The fourth-order valence-electron chi connectivity index (χ4n) is 1.99. The molecule has 10 nitrogen and oxygen atoms in total. The third kappa shape index (κ3) is 5.03. The molecule has 0 fully saturated rings. The van der Waals surface area contributed by atoms with E-state index in [0.717, 1.165) is 17.9 Å². The van der Waals surface area contributed by atoms with Gasteiger partial charge in [0, 0.05) is 28.9 Å². The molecule has 0 aromatic carbocycles. The summed E-state index contributed by atoms with van der Waals surface area (Å²) in [6.07, 6.45) is -0.266. The molecule has 2 aromatic heterocycles. The van der Waals surface area contributed by atoms with Gasteiger partial charge in [-0.3, -0.25) is 0 Å². The van der Waals surface area contributed by atoms with Gasteiger partial charge in [0.05, 0.1) is 11.4 Å². The number of nitrogens with zero attached hydrogens (tertiary/aromatic N) is 4. The zero-order chi connectivity index (χ0) is 17.7. The van der Waals surface area contributed by atoms with Crippen molar-refractivity contribution in [2.75, 3.05) is 45.4 Å². The van der Waals surface area contributed by atoms with Gasteiger partial charge in [0.1, 0.15) is 12.7 Å². The first-order chi connectivity index (χ1) is 11.4. The number of hydrogen-bond donors (Lipinski definition) is 3.